The Morgan fingerprint density at radius 2 is 1.86 bits per heavy atom. The van der Waals surface area contributed by atoms with Crippen molar-refractivity contribution in [1.29, 1.82) is 0 Å². The number of nitro groups is 1. The molecule has 0 saturated heterocycles. The quantitative estimate of drug-likeness (QED) is 0.467. The first-order valence-electron chi connectivity index (χ1n) is 6.58. The lowest BCUT2D eigenvalue weighted by atomic mass is 10.2. The van der Waals surface area contributed by atoms with Crippen LogP contribution in [0.15, 0.2) is 48.5 Å². The van der Waals surface area contributed by atoms with E-state index in [1.807, 2.05) is 24.3 Å². The fourth-order valence-corrected chi connectivity index (χ4v) is 2.09. The van der Waals surface area contributed by atoms with Crippen molar-refractivity contribution in [3.05, 3.63) is 69.2 Å². The Labute approximate surface area is 128 Å². The average Bonchev–Trinajstić information content (AvgIpc) is 2.47. The van der Waals surface area contributed by atoms with Crippen LogP contribution in [0.3, 0.4) is 0 Å². The van der Waals surface area contributed by atoms with Crippen LogP contribution in [-0.2, 0) is 6.54 Å². The molecule has 0 saturated carbocycles. The summed E-state index contributed by atoms with van der Waals surface area (Å²) < 4.78 is 0. The highest BCUT2D eigenvalue weighted by Gasteiger charge is 2.03. The Kier molecular flexibility index (Phi) is 5.54. The molecule has 0 unspecified atom stereocenters. The summed E-state index contributed by atoms with van der Waals surface area (Å²) in [6.45, 7) is 2.27. The number of nitrogens with one attached hydrogen (secondary N) is 2. The normalized spacial score (nSPS) is 10.3. The minimum atomic E-state index is -0.406. The number of non-ortho nitro benzene ring substituents is 1. The summed E-state index contributed by atoms with van der Waals surface area (Å²) in [5, 5.41) is 17.8. The zero-order valence-electron chi connectivity index (χ0n) is 11.4. The van der Waals surface area contributed by atoms with E-state index in [0.29, 0.717) is 0 Å². The monoisotopic (exact) mass is 305 g/mol. The second-order valence-electron chi connectivity index (χ2n) is 4.54. The molecule has 0 aliphatic rings. The minimum absolute atomic E-state index is 0.0969. The molecule has 0 aliphatic heterocycles. The van der Waals surface area contributed by atoms with Crippen molar-refractivity contribution in [1.82, 2.24) is 5.32 Å². The van der Waals surface area contributed by atoms with Gasteiger partial charge in [-0.05, 0) is 29.8 Å². The van der Waals surface area contributed by atoms with Crippen molar-refractivity contribution in [3.8, 4) is 0 Å². The fourth-order valence-electron chi connectivity index (χ4n) is 1.88. The van der Waals surface area contributed by atoms with Crippen LogP contribution >= 0.6 is 11.6 Å². The molecular formula is C15H16ClN3O2. The number of halogens is 1. The van der Waals surface area contributed by atoms with Crippen molar-refractivity contribution in [2.75, 3.05) is 18.4 Å². The van der Waals surface area contributed by atoms with Crippen molar-refractivity contribution >= 4 is 23.0 Å². The van der Waals surface area contributed by atoms with Gasteiger partial charge in [0.2, 0.25) is 0 Å². The van der Waals surface area contributed by atoms with E-state index in [9.17, 15) is 10.1 Å². The second-order valence-corrected chi connectivity index (χ2v) is 4.97. The predicted molar refractivity (Wildman–Crippen MR) is 84.7 cm³/mol. The molecule has 0 aliphatic carbocycles. The number of hydrogen-bond acceptors (Lipinski definition) is 4. The summed E-state index contributed by atoms with van der Waals surface area (Å²) in [6.07, 6.45) is 0. The van der Waals surface area contributed by atoms with Gasteiger partial charge in [-0.2, -0.15) is 0 Å². The van der Waals surface area contributed by atoms with Crippen molar-refractivity contribution in [2.45, 2.75) is 6.54 Å². The van der Waals surface area contributed by atoms with Crippen LogP contribution in [0.25, 0.3) is 0 Å². The van der Waals surface area contributed by atoms with E-state index in [2.05, 4.69) is 10.6 Å². The largest absolute Gasteiger partial charge is 0.384 e. The number of hydrogen-bond donors (Lipinski definition) is 2. The van der Waals surface area contributed by atoms with Gasteiger partial charge >= 0.3 is 0 Å². The first kappa shape index (κ1) is 15.3. The van der Waals surface area contributed by atoms with Gasteiger partial charge in [-0.3, -0.25) is 10.1 Å². The van der Waals surface area contributed by atoms with E-state index < -0.39 is 4.92 Å². The fraction of sp³-hybridized carbons (Fsp3) is 0.200. The maximum absolute atomic E-state index is 10.5. The van der Waals surface area contributed by atoms with Crippen LogP contribution in [0.4, 0.5) is 11.4 Å². The van der Waals surface area contributed by atoms with E-state index in [1.165, 1.54) is 12.1 Å². The second kappa shape index (κ2) is 7.61. The number of benzene rings is 2. The summed E-state index contributed by atoms with van der Waals surface area (Å²) >= 11 is 5.91. The minimum Gasteiger partial charge on any atom is -0.384 e. The lowest BCUT2D eigenvalue weighted by molar-refractivity contribution is -0.384. The Morgan fingerprint density at radius 3 is 2.52 bits per heavy atom. The maximum Gasteiger partial charge on any atom is 0.269 e. The molecule has 2 aromatic carbocycles. The van der Waals surface area contributed by atoms with Crippen molar-refractivity contribution in [3.63, 3.8) is 0 Å². The summed E-state index contributed by atoms with van der Waals surface area (Å²) in [5.74, 6) is 0. The molecule has 0 amide bonds. The summed E-state index contributed by atoms with van der Waals surface area (Å²) in [7, 11) is 0. The van der Waals surface area contributed by atoms with Crippen molar-refractivity contribution < 1.29 is 4.92 Å². The van der Waals surface area contributed by atoms with E-state index in [1.54, 1.807) is 12.1 Å². The smallest absolute Gasteiger partial charge is 0.269 e. The van der Waals surface area contributed by atoms with Crippen LogP contribution in [-0.4, -0.2) is 18.0 Å². The topological polar surface area (TPSA) is 67.2 Å². The molecule has 0 aromatic heterocycles. The van der Waals surface area contributed by atoms with E-state index >= 15 is 0 Å². The highest BCUT2D eigenvalue weighted by Crippen LogP contribution is 2.15. The number of rotatable bonds is 7. The van der Waals surface area contributed by atoms with Gasteiger partial charge in [-0.1, -0.05) is 23.7 Å². The summed E-state index contributed by atoms with van der Waals surface area (Å²) in [6, 6.07) is 14.1. The van der Waals surface area contributed by atoms with E-state index in [0.717, 1.165) is 35.9 Å². The highest BCUT2D eigenvalue weighted by atomic mass is 35.5. The molecule has 0 fully saturated rings. The van der Waals surface area contributed by atoms with E-state index in [4.69, 9.17) is 11.6 Å². The Balaban J connectivity index is 1.69. The molecule has 0 bridgehead atoms. The first-order valence-corrected chi connectivity index (χ1v) is 6.96. The zero-order chi connectivity index (χ0) is 15.1. The molecule has 0 spiro atoms. The van der Waals surface area contributed by atoms with Gasteiger partial charge in [0.25, 0.3) is 5.69 Å². The molecule has 2 aromatic rings. The molecule has 21 heavy (non-hydrogen) atoms. The third-order valence-corrected chi connectivity index (χ3v) is 3.16. The standard InChI is InChI=1S/C15H16ClN3O2/c16-13-3-1-2-12(10-13)11-17-8-9-18-14-4-6-15(7-5-14)19(20)21/h1-7,10,17-18H,8-9,11H2. The van der Waals surface area contributed by atoms with Gasteiger partial charge in [0.05, 0.1) is 4.92 Å². The Hall–Kier alpha value is -2.11. The highest BCUT2D eigenvalue weighted by molar-refractivity contribution is 6.30. The van der Waals surface area contributed by atoms with E-state index in [-0.39, 0.29) is 5.69 Å². The number of anilines is 1. The third-order valence-electron chi connectivity index (χ3n) is 2.93. The Bertz CT molecular complexity index is 602. The van der Waals surface area contributed by atoms with Gasteiger partial charge in [0.15, 0.2) is 0 Å². The first-order chi connectivity index (χ1) is 10.1. The van der Waals surface area contributed by atoms with Gasteiger partial charge in [0.1, 0.15) is 0 Å². The third kappa shape index (κ3) is 5.06. The number of nitro benzene ring substituents is 1. The summed E-state index contributed by atoms with van der Waals surface area (Å²) in [4.78, 5) is 10.1. The number of nitrogens with zero attached hydrogens (tertiary/aromatic N) is 1. The van der Waals surface area contributed by atoms with Crippen LogP contribution in [0, 0.1) is 10.1 Å². The Morgan fingerprint density at radius 1 is 1.10 bits per heavy atom. The molecule has 0 atom stereocenters. The molecule has 0 heterocycles. The molecular weight excluding hydrogens is 290 g/mol. The SMILES string of the molecule is O=[N+]([O-])c1ccc(NCCNCc2cccc(Cl)c2)cc1. The van der Waals surface area contributed by atoms with Crippen LogP contribution in [0.2, 0.25) is 5.02 Å². The predicted octanol–water partition coefficient (Wildman–Crippen LogP) is 3.45. The van der Waals surface area contributed by atoms with Gasteiger partial charge in [0, 0.05) is 42.5 Å². The molecule has 0 radical (unpaired) electrons. The molecule has 6 heteroatoms. The molecule has 2 N–H and O–H groups in total. The molecule has 2 rings (SSSR count). The lowest BCUT2D eigenvalue weighted by Gasteiger charge is -2.08. The van der Waals surface area contributed by atoms with Crippen LogP contribution < -0.4 is 10.6 Å². The van der Waals surface area contributed by atoms with Crippen LogP contribution in [0.1, 0.15) is 5.56 Å². The zero-order valence-corrected chi connectivity index (χ0v) is 12.1. The summed E-state index contributed by atoms with van der Waals surface area (Å²) in [5.41, 5.74) is 2.10. The lowest BCUT2D eigenvalue weighted by Crippen LogP contribution is -2.21. The molecule has 110 valence electrons. The van der Waals surface area contributed by atoms with Gasteiger partial charge in [-0.15, -0.1) is 0 Å². The van der Waals surface area contributed by atoms with Gasteiger partial charge < -0.3 is 10.6 Å². The van der Waals surface area contributed by atoms with Crippen molar-refractivity contribution in [2.24, 2.45) is 0 Å². The molecule has 5 nitrogen and oxygen atoms in total. The van der Waals surface area contributed by atoms with Crippen LogP contribution in [0.5, 0.6) is 0 Å². The maximum atomic E-state index is 10.5. The van der Waals surface area contributed by atoms with Gasteiger partial charge in [-0.25, -0.2) is 0 Å². The average molecular weight is 306 g/mol.